The maximum absolute atomic E-state index is 11.2. The van der Waals surface area contributed by atoms with Gasteiger partial charge >= 0.3 is 0 Å². The van der Waals surface area contributed by atoms with Crippen LogP contribution < -0.4 is 0 Å². The van der Waals surface area contributed by atoms with Gasteiger partial charge in [0.25, 0.3) is 0 Å². The first-order valence-electron chi connectivity index (χ1n) is 8.00. The molecule has 1 N–H and O–H groups in total. The van der Waals surface area contributed by atoms with Gasteiger partial charge in [-0.15, -0.1) is 0 Å². The van der Waals surface area contributed by atoms with E-state index in [-0.39, 0.29) is 12.2 Å². The standard InChI is InChI=1S/C16H26N2O2/c1-12(2)10-18-7-5-16(19,6-8-18)15(11-17)9-13-3-4-14(15)20-13/h12-14,19H,3-10H2,1-2H3. The zero-order valence-corrected chi connectivity index (χ0v) is 12.6. The largest absolute Gasteiger partial charge is 0.388 e. The molecule has 2 bridgehead atoms. The molecule has 0 amide bonds. The van der Waals surface area contributed by atoms with Crippen molar-refractivity contribution in [1.82, 2.24) is 4.90 Å². The number of nitriles is 1. The van der Waals surface area contributed by atoms with Crippen molar-refractivity contribution in [3.8, 4) is 6.07 Å². The van der Waals surface area contributed by atoms with Crippen molar-refractivity contribution in [3.63, 3.8) is 0 Å². The molecule has 112 valence electrons. The minimum Gasteiger partial charge on any atom is -0.388 e. The molecule has 3 fully saturated rings. The molecule has 3 aliphatic rings. The Morgan fingerprint density at radius 1 is 1.35 bits per heavy atom. The maximum atomic E-state index is 11.2. The van der Waals surface area contributed by atoms with Gasteiger partial charge in [-0.2, -0.15) is 5.26 Å². The summed E-state index contributed by atoms with van der Waals surface area (Å²) in [5.74, 6) is 0.650. The first kappa shape index (κ1) is 14.3. The summed E-state index contributed by atoms with van der Waals surface area (Å²) in [5, 5.41) is 20.9. The highest BCUT2D eigenvalue weighted by atomic mass is 16.5. The summed E-state index contributed by atoms with van der Waals surface area (Å²) in [5.41, 5.74) is -1.51. The van der Waals surface area contributed by atoms with E-state index in [0.29, 0.717) is 18.8 Å². The average Bonchev–Trinajstić information content (AvgIpc) is 3.02. The van der Waals surface area contributed by atoms with Crippen LogP contribution in [0.1, 0.15) is 46.0 Å². The van der Waals surface area contributed by atoms with Crippen LogP contribution in [0.25, 0.3) is 0 Å². The highest BCUT2D eigenvalue weighted by Crippen LogP contribution is 2.56. The van der Waals surface area contributed by atoms with E-state index in [1.54, 1.807) is 0 Å². The Kier molecular flexibility index (Phi) is 3.56. The van der Waals surface area contributed by atoms with Gasteiger partial charge in [0.05, 0.1) is 23.9 Å². The van der Waals surface area contributed by atoms with Gasteiger partial charge < -0.3 is 14.7 Å². The fourth-order valence-corrected chi connectivity index (χ4v) is 4.49. The lowest BCUT2D eigenvalue weighted by Crippen LogP contribution is -2.58. The SMILES string of the molecule is CC(C)CN1CCC(O)(C2(C#N)CC3CCC2O3)CC1. The number of likely N-dealkylation sites (tertiary alicyclic amines) is 1. The Balaban J connectivity index is 1.72. The smallest absolute Gasteiger partial charge is 0.115 e. The fourth-order valence-electron chi connectivity index (χ4n) is 4.49. The third-order valence-corrected chi connectivity index (χ3v) is 5.54. The van der Waals surface area contributed by atoms with Crippen LogP contribution in [-0.2, 0) is 4.74 Å². The van der Waals surface area contributed by atoms with E-state index < -0.39 is 11.0 Å². The monoisotopic (exact) mass is 278 g/mol. The number of hydrogen-bond donors (Lipinski definition) is 1. The van der Waals surface area contributed by atoms with E-state index in [2.05, 4.69) is 24.8 Å². The molecule has 0 aromatic heterocycles. The molecule has 0 spiro atoms. The molecule has 3 atom stereocenters. The highest BCUT2D eigenvalue weighted by molar-refractivity contribution is 5.21. The molecule has 0 aromatic rings. The number of rotatable bonds is 3. The quantitative estimate of drug-likeness (QED) is 0.857. The summed E-state index contributed by atoms with van der Waals surface area (Å²) < 4.78 is 5.89. The average molecular weight is 278 g/mol. The van der Waals surface area contributed by atoms with Crippen molar-refractivity contribution in [3.05, 3.63) is 0 Å². The Hall–Kier alpha value is -0.630. The van der Waals surface area contributed by atoms with Gasteiger partial charge in [-0.3, -0.25) is 0 Å². The number of piperidine rings is 1. The van der Waals surface area contributed by atoms with Crippen molar-refractivity contribution in [2.75, 3.05) is 19.6 Å². The maximum Gasteiger partial charge on any atom is 0.115 e. The lowest BCUT2D eigenvalue weighted by atomic mass is 9.60. The van der Waals surface area contributed by atoms with Crippen molar-refractivity contribution >= 4 is 0 Å². The summed E-state index contributed by atoms with van der Waals surface area (Å²) in [4.78, 5) is 2.41. The summed E-state index contributed by atoms with van der Waals surface area (Å²) in [6.07, 6.45) is 4.31. The van der Waals surface area contributed by atoms with Gasteiger partial charge in [0, 0.05) is 19.6 Å². The lowest BCUT2D eigenvalue weighted by molar-refractivity contribution is -0.119. The third kappa shape index (κ3) is 2.07. The Morgan fingerprint density at radius 2 is 2.05 bits per heavy atom. The number of nitrogens with zero attached hydrogens (tertiary/aromatic N) is 2. The highest BCUT2D eigenvalue weighted by Gasteiger charge is 2.63. The van der Waals surface area contributed by atoms with Crippen LogP contribution in [0.4, 0.5) is 0 Å². The van der Waals surface area contributed by atoms with Crippen LogP contribution in [0.15, 0.2) is 0 Å². The topological polar surface area (TPSA) is 56.5 Å². The van der Waals surface area contributed by atoms with Gasteiger partial charge in [0.2, 0.25) is 0 Å². The van der Waals surface area contributed by atoms with Crippen molar-refractivity contribution in [1.29, 1.82) is 5.26 Å². The van der Waals surface area contributed by atoms with Crippen molar-refractivity contribution < 1.29 is 9.84 Å². The number of hydrogen-bond acceptors (Lipinski definition) is 4. The van der Waals surface area contributed by atoms with Gasteiger partial charge in [-0.1, -0.05) is 13.8 Å². The first-order chi connectivity index (χ1) is 9.49. The molecule has 4 nitrogen and oxygen atoms in total. The van der Waals surface area contributed by atoms with Gasteiger partial charge in [-0.25, -0.2) is 0 Å². The molecule has 4 heteroatoms. The summed E-state index contributed by atoms with van der Waals surface area (Å²) in [6.45, 7) is 7.33. The molecule has 0 aromatic carbocycles. The molecular formula is C16H26N2O2. The van der Waals surface area contributed by atoms with Crippen molar-refractivity contribution in [2.24, 2.45) is 11.3 Å². The zero-order chi connectivity index (χ0) is 14.4. The molecular weight excluding hydrogens is 252 g/mol. The molecule has 3 unspecified atom stereocenters. The van der Waals surface area contributed by atoms with E-state index in [1.807, 2.05) is 0 Å². The second kappa shape index (κ2) is 4.98. The summed E-state index contributed by atoms with van der Waals surface area (Å²) in [6, 6.07) is 2.48. The Bertz CT molecular complexity index is 409. The van der Waals surface area contributed by atoms with E-state index in [4.69, 9.17) is 4.74 Å². The van der Waals surface area contributed by atoms with Gasteiger partial charge in [0.1, 0.15) is 5.41 Å². The zero-order valence-electron chi connectivity index (χ0n) is 12.6. The van der Waals surface area contributed by atoms with Crippen LogP contribution >= 0.6 is 0 Å². The third-order valence-electron chi connectivity index (χ3n) is 5.54. The number of ether oxygens (including phenoxy) is 1. The van der Waals surface area contributed by atoms with Crippen LogP contribution in [-0.4, -0.2) is 47.4 Å². The molecule has 3 heterocycles. The van der Waals surface area contributed by atoms with Gasteiger partial charge in [-0.05, 0) is 38.0 Å². The van der Waals surface area contributed by atoms with Gasteiger partial charge in [0.15, 0.2) is 0 Å². The van der Waals surface area contributed by atoms with E-state index in [9.17, 15) is 10.4 Å². The molecule has 0 aliphatic carbocycles. The Morgan fingerprint density at radius 3 is 2.50 bits per heavy atom. The van der Waals surface area contributed by atoms with Crippen LogP contribution in [0.3, 0.4) is 0 Å². The summed E-state index contributed by atoms with van der Waals surface area (Å²) in [7, 11) is 0. The fraction of sp³-hybridized carbons (Fsp3) is 0.938. The minimum absolute atomic E-state index is 0.0425. The lowest BCUT2D eigenvalue weighted by Gasteiger charge is -2.48. The second-order valence-corrected chi connectivity index (χ2v) is 7.34. The molecule has 0 radical (unpaired) electrons. The first-order valence-corrected chi connectivity index (χ1v) is 8.00. The molecule has 3 rings (SSSR count). The van der Waals surface area contributed by atoms with Crippen molar-refractivity contribution in [2.45, 2.75) is 63.8 Å². The van der Waals surface area contributed by atoms with Crippen LogP contribution in [0, 0.1) is 22.7 Å². The van der Waals surface area contributed by atoms with E-state index >= 15 is 0 Å². The van der Waals surface area contributed by atoms with Crippen LogP contribution in [0.2, 0.25) is 0 Å². The summed E-state index contributed by atoms with van der Waals surface area (Å²) >= 11 is 0. The second-order valence-electron chi connectivity index (χ2n) is 7.34. The Labute approximate surface area is 121 Å². The van der Waals surface area contributed by atoms with E-state index in [0.717, 1.165) is 38.9 Å². The predicted octanol–water partition coefficient (Wildman–Crippen LogP) is 1.93. The van der Waals surface area contributed by atoms with E-state index in [1.165, 1.54) is 0 Å². The normalized spacial score (nSPS) is 40.1. The minimum atomic E-state index is -0.852. The number of aliphatic hydroxyl groups is 1. The molecule has 0 saturated carbocycles. The molecule has 3 aliphatic heterocycles. The van der Waals surface area contributed by atoms with Crippen LogP contribution in [0.5, 0.6) is 0 Å². The number of fused-ring (bicyclic) bond motifs is 2. The molecule has 20 heavy (non-hydrogen) atoms. The molecule has 3 saturated heterocycles. The predicted molar refractivity (Wildman–Crippen MR) is 76.0 cm³/mol.